The number of amides is 1. The second-order valence-electron chi connectivity index (χ2n) is 6.68. The zero-order valence-electron chi connectivity index (χ0n) is 15.5. The van der Waals surface area contributed by atoms with E-state index in [0.29, 0.717) is 36.7 Å². The average Bonchev–Trinajstić information content (AvgIpc) is 3.21. The number of hydrogen-bond donors (Lipinski definition) is 1. The number of rotatable bonds is 5. The summed E-state index contributed by atoms with van der Waals surface area (Å²) in [5, 5.41) is 5.44. The van der Waals surface area contributed by atoms with E-state index in [1.807, 2.05) is 24.3 Å². The minimum atomic E-state index is -0.901. The Labute approximate surface area is 171 Å². The summed E-state index contributed by atoms with van der Waals surface area (Å²) in [7, 11) is 0. The van der Waals surface area contributed by atoms with Crippen molar-refractivity contribution in [2.45, 2.75) is 0 Å². The third kappa shape index (κ3) is 4.84. The number of benzene rings is 2. The summed E-state index contributed by atoms with van der Waals surface area (Å²) in [5.74, 6) is -1.86. The van der Waals surface area contributed by atoms with Gasteiger partial charge in [0.2, 0.25) is 5.91 Å². The fourth-order valence-corrected chi connectivity index (χ4v) is 3.91. The van der Waals surface area contributed by atoms with E-state index < -0.39 is 11.6 Å². The van der Waals surface area contributed by atoms with E-state index in [0.717, 1.165) is 35.8 Å². The molecule has 29 heavy (non-hydrogen) atoms. The molecular weight excluding hydrogens is 396 g/mol. The van der Waals surface area contributed by atoms with Crippen LogP contribution in [-0.2, 0) is 9.53 Å². The van der Waals surface area contributed by atoms with Gasteiger partial charge >= 0.3 is 0 Å². The number of anilines is 1. The molecule has 1 aromatic heterocycles. The molecule has 2 aromatic carbocycles. The smallest absolute Gasteiger partial charge is 0.238 e. The Balaban J connectivity index is 1.46. The number of nitrogens with zero attached hydrogens (tertiary/aromatic N) is 2. The maximum atomic E-state index is 13.5. The van der Waals surface area contributed by atoms with Crippen molar-refractivity contribution in [2.24, 2.45) is 0 Å². The number of halogens is 2. The fourth-order valence-electron chi connectivity index (χ4n) is 3.09. The maximum Gasteiger partial charge on any atom is 0.238 e. The Morgan fingerprint density at radius 1 is 1.10 bits per heavy atom. The predicted octanol–water partition coefficient (Wildman–Crippen LogP) is 4.03. The molecule has 1 saturated heterocycles. The van der Waals surface area contributed by atoms with Crippen LogP contribution in [0.1, 0.15) is 0 Å². The molecule has 5 nitrogen and oxygen atoms in total. The van der Waals surface area contributed by atoms with Crippen LogP contribution >= 0.6 is 11.3 Å². The average molecular weight is 415 g/mol. The first-order valence-electron chi connectivity index (χ1n) is 9.20. The van der Waals surface area contributed by atoms with Crippen LogP contribution < -0.4 is 5.32 Å². The number of nitrogens with one attached hydrogen (secondary N) is 1. The summed E-state index contributed by atoms with van der Waals surface area (Å²) in [4.78, 5) is 18.9. The number of carbonyl (C=O) groups excluding carboxylic acids is 1. The number of aromatic nitrogens is 1. The normalized spacial score (nSPS) is 14.7. The largest absolute Gasteiger partial charge is 0.379 e. The van der Waals surface area contributed by atoms with Crippen LogP contribution in [-0.4, -0.2) is 48.6 Å². The predicted molar refractivity (Wildman–Crippen MR) is 109 cm³/mol. The Hall–Kier alpha value is -2.68. The second kappa shape index (κ2) is 8.77. The lowest BCUT2D eigenvalue weighted by Gasteiger charge is -2.25. The van der Waals surface area contributed by atoms with Crippen LogP contribution in [0.15, 0.2) is 47.8 Å². The second-order valence-corrected chi connectivity index (χ2v) is 7.54. The highest BCUT2D eigenvalue weighted by Crippen LogP contribution is 2.30. The van der Waals surface area contributed by atoms with Gasteiger partial charge in [0.25, 0.3) is 0 Å². The zero-order valence-corrected chi connectivity index (χ0v) is 16.3. The van der Waals surface area contributed by atoms with Gasteiger partial charge in [0.15, 0.2) is 11.6 Å². The highest BCUT2D eigenvalue weighted by atomic mass is 32.1. The molecule has 0 radical (unpaired) electrons. The third-order valence-corrected chi connectivity index (χ3v) is 5.48. The van der Waals surface area contributed by atoms with Gasteiger partial charge in [-0.2, -0.15) is 0 Å². The van der Waals surface area contributed by atoms with Crippen molar-refractivity contribution in [3.63, 3.8) is 0 Å². The standard InChI is InChI=1S/C21H19F2N3O2S/c22-17-5-4-14(11-18(17)23)19-13-29-21(25-19)15-2-1-3-16(10-15)24-20(27)12-26-6-8-28-9-7-26/h1-5,10-11,13H,6-9,12H2,(H,24,27). The van der Waals surface area contributed by atoms with Gasteiger partial charge in [0.1, 0.15) is 5.01 Å². The van der Waals surface area contributed by atoms with Crippen LogP contribution in [0.3, 0.4) is 0 Å². The molecule has 8 heteroatoms. The number of hydrogen-bond acceptors (Lipinski definition) is 5. The maximum absolute atomic E-state index is 13.5. The van der Waals surface area contributed by atoms with Crippen molar-refractivity contribution in [1.29, 1.82) is 0 Å². The molecule has 0 saturated carbocycles. The summed E-state index contributed by atoms with van der Waals surface area (Å²) in [5.41, 5.74) is 2.62. The summed E-state index contributed by atoms with van der Waals surface area (Å²) >= 11 is 1.40. The van der Waals surface area contributed by atoms with Crippen molar-refractivity contribution in [2.75, 3.05) is 38.2 Å². The van der Waals surface area contributed by atoms with Crippen molar-refractivity contribution < 1.29 is 18.3 Å². The van der Waals surface area contributed by atoms with E-state index in [1.165, 1.54) is 17.4 Å². The minimum absolute atomic E-state index is 0.0781. The molecular formula is C21H19F2N3O2S. The van der Waals surface area contributed by atoms with Crippen LogP contribution in [0.4, 0.5) is 14.5 Å². The van der Waals surface area contributed by atoms with Gasteiger partial charge in [-0.05, 0) is 30.3 Å². The zero-order chi connectivity index (χ0) is 20.2. The van der Waals surface area contributed by atoms with Crippen molar-refractivity contribution in [3.05, 3.63) is 59.5 Å². The monoisotopic (exact) mass is 415 g/mol. The number of carbonyl (C=O) groups is 1. The third-order valence-electron chi connectivity index (χ3n) is 4.58. The molecule has 150 valence electrons. The van der Waals surface area contributed by atoms with E-state index in [9.17, 15) is 13.6 Å². The van der Waals surface area contributed by atoms with Gasteiger partial charge in [0.05, 0.1) is 25.5 Å². The van der Waals surface area contributed by atoms with E-state index in [1.54, 1.807) is 5.38 Å². The molecule has 1 aliphatic heterocycles. The molecule has 0 unspecified atom stereocenters. The van der Waals surface area contributed by atoms with E-state index >= 15 is 0 Å². The summed E-state index contributed by atoms with van der Waals surface area (Å²) < 4.78 is 31.9. The molecule has 0 bridgehead atoms. The molecule has 3 aromatic rings. The summed E-state index contributed by atoms with van der Waals surface area (Å²) in [6.07, 6.45) is 0. The molecule has 0 aliphatic carbocycles. The SMILES string of the molecule is O=C(CN1CCOCC1)Nc1cccc(-c2nc(-c3ccc(F)c(F)c3)cs2)c1. The molecule has 0 atom stereocenters. The lowest BCUT2D eigenvalue weighted by Crippen LogP contribution is -2.41. The molecule has 1 aliphatic rings. The van der Waals surface area contributed by atoms with Crippen LogP contribution in [0.5, 0.6) is 0 Å². The number of morpholine rings is 1. The van der Waals surface area contributed by atoms with Gasteiger partial charge in [-0.3, -0.25) is 9.69 Å². The summed E-state index contributed by atoms with van der Waals surface area (Å²) in [6, 6.07) is 11.1. The first-order valence-corrected chi connectivity index (χ1v) is 10.1. The Morgan fingerprint density at radius 2 is 1.93 bits per heavy atom. The molecule has 2 heterocycles. The molecule has 1 N–H and O–H groups in total. The van der Waals surface area contributed by atoms with Crippen LogP contribution in [0.2, 0.25) is 0 Å². The lowest BCUT2D eigenvalue weighted by molar-refractivity contribution is -0.118. The molecule has 0 spiro atoms. The topological polar surface area (TPSA) is 54.5 Å². The quantitative estimate of drug-likeness (QED) is 0.684. The van der Waals surface area contributed by atoms with Gasteiger partial charge in [0, 0.05) is 35.3 Å². The molecule has 4 rings (SSSR count). The summed E-state index contributed by atoms with van der Waals surface area (Å²) in [6.45, 7) is 3.12. The van der Waals surface area contributed by atoms with Crippen LogP contribution in [0, 0.1) is 11.6 Å². The van der Waals surface area contributed by atoms with E-state index in [2.05, 4.69) is 15.2 Å². The first-order chi connectivity index (χ1) is 14.1. The number of ether oxygens (including phenoxy) is 1. The van der Waals surface area contributed by atoms with E-state index in [-0.39, 0.29) is 5.91 Å². The Kier molecular flexibility index (Phi) is 5.94. The highest BCUT2D eigenvalue weighted by Gasteiger charge is 2.15. The van der Waals surface area contributed by atoms with Crippen molar-refractivity contribution in [3.8, 4) is 21.8 Å². The molecule has 1 fully saturated rings. The highest BCUT2D eigenvalue weighted by molar-refractivity contribution is 7.13. The Morgan fingerprint density at radius 3 is 2.72 bits per heavy atom. The van der Waals surface area contributed by atoms with Crippen LogP contribution in [0.25, 0.3) is 21.8 Å². The van der Waals surface area contributed by atoms with Crippen molar-refractivity contribution in [1.82, 2.24) is 9.88 Å². The fraction of sp³-hybridized carbons (Fsp3) is 0.238. The van der Waals surface area contributed by atoms with E-state index in [4.69, 9.17) is 4.74 Å². The van der Waals surface area contributed by atoms with Gasteiger partial charge < -0.3 is 10.1 Å². The Bertz CT molecular complexity index is 1020. The van der Waals surface area contributed by atoms with Gasteiger partial charge in [-0.25, -0.2) is 13.8 Å². The molecule has 1 amide bonds. The van der Waals surface area contributed by atoms with Crippen molar-refractivity contribution >= 4 is 22.9 Å². The minimum Gasteiger partial charge on any atom is -0.379 e. The lowest BCUT2D eigenvalue weighted by atomic mass is 10.1. The van der Waals surface area contributed by atoms with Gasteiger partial charge in [-0.1, -0.05) is 12.1 Å². The van der Waals surface area contributed by atoms with Gasteiger partial charge in [-0.15, -0.1) is 11.3 Å². The number of thiazole rings is 1. The first kappa shape index (κ1) is 19.6.